The summed E-state index contributed by atoms with van der Waals surface area (Å²) in [6.07, 6.45) is 5.06. The van der Waals surface area contributed by atoms with Crippen molar-refractivity contribution in [2.24, 2.45) is 0 Å². The molecule has 1 saturated heterocycles. The third-order valence-electron chi connectivity index (χ3n) is 6.10. The molecule has 1 aliphatic heterocycles. The average molecular weight is 470 g/mol. The summed E-state index contributed by atoms with van der Waals surface area (Å²) in [5.74, 6) is 0.650. The van der Waals surface area contributed by atoms with E-state index in [1.807, 2.05) is 24.3 Å². The lowest BCUT2D eigenvalue weighted by molar-refractivity contribution is 0.0947. The smallest absolute Gasteiger partial charge is 0.251 e. The average Bonchev–Trinajstić information content (AvgIpc) is 3.45. The van der Waals surface area contributed by atoms with Gasteiger partial charge < -0.3 is 10.2 Å². The van der Waals surface area contributed by atoms with E-state index in [1.54, 1.807) is 17.1 Å². The number of aryl methyl sites for hydroxylation is 1. The number of tetrazole rings is 1. The fourth-order valence-electron chi connectivity index (χ4n) is 4.12. The Labute approximate surface area is 203 Å². The molecule has 0 atom stereocenters. The predicted molar refractivity (Wildman–Crippen MR) is 132 cm³/mol. The molecule has 5 rings (SSSR count). The second-order valence-corrected chi connectivity index (χ2v) is 8.52. The highest BCUT2D eigenvalue weighted by atomic mass is 16.1. The Kier molecular flexibility index (Phi) is 6.71. The first-order chi connectivity index (χ1) is 17.2. The van der Waals surface area contributed by atoms with Crippen molar-refractivity contribution in [2.45, 2.75) is 6.92 Å². The molecule has 3 heterocycles. The molecule has 1 amide bonds. The predicted octanol–water partition coefficient (Wildman–Crippen LogP) is 1.98. The SMILES string of the molecule is Cc1ccc(-c2cc(C(=O)NCCN3CCN(c4ncccn4)CC3)cc(-n3cnnn3)c2)cc1. The van der Waals surface area contributed by atoms with Crippen molar-refractivity contribution in [2.75, 3.05) is 44.2 Å². The van der Waals surface area contributed by atoms with Gasteiger partial charge >= 0.3 is 0 Å². The summed E-state index contributed by atoms with van der Waals surface area (Å²) in [6, 6.07) is 15.7. The first kappa shape index (κ1) is 22.6. The van der Waals surface area contributed by atoms with Crippen molar-refractivity contribution in [1.29, 1.82) is 0 Å². The van der Waals surface area contributed by atoms with E-state index in [0.717, 1.165) is 55.5 Å². The van der Waals surface area contributed by atoms with Crippen LogP contribution in [0.5, 0.6) is 0 Å². The van der Waals surface area contributed by atoms with Gasteiger partial charge in [-0.05, 0) is 52.7 Å². The third-order valence-corrected chi connectivity index (χ3v) is 6.10. The van der Waals surface area contributed by atoms with Crippen molar-refractivity contribution in [3.63, 3.8) is 0 Å². The number of hydrogen-bond donors (Lipinski definition) is 1. The van der Waals surface area contributed by atoms with Crippen LogP contribution in [0.4, 0.5) is 5.95 Å². The van der Waals surface area contributed by atoms with Crippen LogP contribution in [0, 0.1) is 6.92 Å². The Morgan fingerprint density at radius 2 is 1.74 bits per heavy atom. The number of carbonyl (C=O) groups is 1. The van der Waals surface area contributed by atoms with Crippen molar-refractivity contribution >= 4 is 11.9 Å². The van der Waals surface area contributed by atoms with Gasteiger partial charge in [0.2, 0.25) is 5.95 Å². The van der Waals surface area contributed by atoms with Gasteiger partial charge in [-0.2, -0.15) is 0 Å². The van der Waals surface area contributed by atoms with Crippen LogP contribution < -0.4 is 10.2 Å². The van der Waals surface area contributed by atoms with Crippen LogP contribution >= 0.6 is 0 Å². The van der Waals surface area contributed by atoms with Crippen molar-refractivity contribution in [3.05, 3.63) is 78.4 Å². The number of aromatic nitrogens is 6. The van der Waals surface area contributed by atoms with Gasteiger partial charge in [0.25, 0.3) is 5.91 Å². The summed E-state index contributed by atoms with van der Waals surface area (Å²) < 4.78 is 1.56. The van der Waals surface area contributed by atoms with E-state index in [1.165, 1.54) is 11.9 Å². The molecule has 1 aliphatic rings. The maximum atomic E-state index is 13.1. The molecule has 35 heavy (non-hydrogen) atoms. The Bertz CT molecular complexity index is 1250. The maximum absolute atomic E-state index is 13.1. The van der Waals surface area contributed by atoms with E-state index in [4.69, 9.17) is 0 Å². The molecule has 0 saturated carbocycles. The van der Waals surface area contributed by atoms with E-state index in [2.05, 4.69) is 71.8 Å². The number of piperazine rings is 1. The van der Waals surface area contributed by atoms with Gasteiger partial charge in [-0.1, -0.05) is 29.8 Å². The van der Waals surface area contributed by atoms with Crippen molar-refractivity contribution in [1.82, 2.24) is 40.4 Å². The monoisotopic (exact) mass is 469 g/mol. The Hall–Kier alpha value is -4.18. The summed E-state index contributed by atoms with van der Waals surface area (Å²) in [6.45, 7) is 6.94. The lowest BCUT2D eigenvalue weighted by Gasteiger charge is -2.34. The van der Waals surface area contributed by atoms with Crippen LogP contribution in [0.3, 0.4) is 0 Å². The highest BCUT2D eigenvalue weighted by Crippen LogP contribution is 2.24. The van der Waals surface area contributed by atoms with Crippen LogP contribution in [0.25, 0.3) is 16.8 Å². The normalized spacial score (nSPS) is 14.1. The fraction of sp³-hybridized carbons (Fsp3) is 0.280. The van der Waals surface area contributed by atoms with Gasteiger partial charge in [-0.25, -0.2) is 14.6 Å². The van der Waals surface area contributed by atoms with Crippen LogP contribution in [-0.2, 0) is 0 Å². The number of anilines is 1. The molecule has 0 spiro atoms. The minimum atomic E-state index is -0.121. The Balaban J connectivity index is 1.22. The molecule has 0 bridgehead atoms. The minimum absolute atomic E-state index is 0.121. The van der Waals surface area contributed by atoms with E-state index < -0.39 is 0 Å². The summed E-state index contributed by atoms with van der Waals surface area (Å²) in [4.78, 5) is 26.3. The van der Waals surface area contributed by atoms with E-state index >= 15 is 0 Å². The number of amides is 1. The largest absolute Gasteiger partial charge is 0.351 e. The van der Waals surface area contributed by atoms with Gasteiger partial charge in [0, 0.05) is 57.2 Å². The van der Waals surface area contributed by atoms with Gasteiger partial charge in [0.1, 0.15) is 6.33 Å². The molecule has 1 fully saturated rings. The van der Waals surface area contributed by atoms with Crippen molar-refractivity contribution < 1.29 is 4.79 Å². The van der Waals surface area contributed by atoms with Crippen molar-refractivity contribution in [3.8, 4) is 16.8 Å². The molecule has 0 aliphatic carbocycles. The number of hydrogen-bond acceptors (Lipinski definition) is 8. The van der Waals surface area contributed by atoms with Gasteiger partial charge in [-0.15, -0.1) is 5.10 Å². The highest BCUT2D eigenvalue weighted by Gasteiger charge is 2.19. The molecule has 0 radical (unpaired) electrons. The van der Waals surface area contributed by atoms with E-state index in [0.29, 0.717) is 12.1 Å². The summed E-state index contributed by atoms with van der Waals surface area (Å²) in [5, 5.41) is 14.5. The first-order valence-electron chi connectivity index (χ1n) is 11.6. The lowest BCUT2D eigenvalue weighted by atomic mass is 10.0. The zero-order valence-corrected chi connectivity index (χ0v) is 19.6. The standard InChI is InChI=1S/C25H27N9O/c1-19-3-5-20(6-4-19)21-15-22(17-23(16-21)34-18-29-30-31-34)24(35)26-9-10-32-11-13-33(14-12-32)25-27-7-2-8-28-25/h2-8,15-18H,9-14H2,1H3,(H,26,35). The fourth-order valence-corrected chi connectivity index (χ4v) is 4.12. The third kappa shape index (κ3) is 5.49. The number of benzene rings is 2. The summed E-state index contributed by atoms with van der Waals surface area (Å²) >= 11 is 0. The molecule has 10 nitrogen and oxygen atoms in total. The molecule has 2 aromatic carbocycles. The number of carbonyl (C=O) groups excluding carboxylic acids is 1. The molecule has 178 valence electrons. The number of rotatable bonds is 7. The molecule has 10 heteroatoms. The molecular formula is C25H27N9O. The molecule has 4 aromatic rings. The molecule has 0 unspecified atom stereocenters. The lowest BCUT2D eigenvalue weighted by Crippen LogP contribution is -2.49. The van der Waals surface area contributed by atoms with Crippen LogP contribution in [0.1, 0.15) is 15.9 Å². The summed E-state index contributed by atoms with van der Waals surface area (Å²) in [5.41, 5.74) is 4.44. The van der Waals surface area contributed by atoms with Crippen LogP contribution in [0.15, 0.2) is 67.3 Å². The Morgan fingerprint density at radius 3 is 2.46 bits per heavy atom. The van der Waals surface area contributed by atoms with Crippen LogP contribution in [-0.4, -0.2) is 80.3 Å². The van der Waals surface area contributed by atoms with E-state index in [9.17, 15) is 4.79 Å². The quantitative estimate of drug-likeness (QED) is 0.438. The molecule has 1 N–H and O–H groups in total. The number of nitrogens with zero attached hydrogens (tertiary/aromatic N) is 8. The minimum Gasteiger partial charge on any atom is -0.351 e. The Morgan fingerprint density at radius 1 is 0.971 bits per heavy atom. The molecule has 2 aromatic heterocycles. The molecular weight excluding hydrogens is 442 g/mol. The zero-order valence-electron chi connectivity index (χ0n) is 19.6. The van der Waals surface area contributed by atoms with Crippen LogP contribution in [0.2, 0.25) is 0 Å². The van der Waals surface area contributed by atoms with E-state index in [-0.39, 0.29) is 5.91 Å². The summed E-state index contributed by atoms with van der Waals surface area (Å²) in [7, 11) is 0. The second kappa shape index (κ2) is 10.4. The second-order valence-electron chi connectivity index (χ2n) is 8.52. The highest BCUT2D eigenvalue weighted by molar-refractivity contribution is 5.96. The first-order valence-corrected chi connectivity index (χ1v) is 11.6. The van der Waals surface area contributed by atoms with Gasteiger partial charge in [0.05, 0.1) is 5.69 Å². The van der Waals surface area contributed by atoms with Gasteiger partial charge in [-0.3, -0.25) is 9.69 Å². The number of nitrogens with one attached hydrogen (secondary N) is 1. The zero-order chi connectivity index (χ0) is 24.0. The maximum Gasteiger partial charge on any atom is 0.251 e. The topological polar surface area (TPSA) is 105 Å². The van der Waals surface area contributed by atoms with Gasteiger partial charge in [0.15, 0.2) is 0 Å².